The van der Waals surface area contributed by atoms with Crippen molar-refractivity contribution in [2.24, 2.45) is 0 Å². The van der Waals surface area contributed by atoms with Crippen LogP contribution in [0.3, 0.4) is 0 Å². The summed E-state index contributed by atoms with van der Waals surface area (Å²) in [4.78, 5) is 12.0. The first kappa shape index (κ1) is 19.0. The largest absolute Gasteiger partial charge is 0.508 e. The lowest BCUT2D eigenvalue weighted by molar-refractivity contribution is 0.410. The highest BCUT2D eigenvalue weighted by Crippen LogP contribution is 2.31. The number of phenols is 1. The maximum Gasteiger partial charge on any atom is 0.336 e. The number of methoxy groups -OCH3 is 1. The highest BCUT2D eigenvalue weighted by molar-refractivity contribution is 7.98. The van der Waals surface area contributed by atoms with Gasteiger partial charge in [-0.2, -0.15) is 4.68 Å². The number of aromatic hydroxyl groups is 1. The zero-order valence-electron chi connectivity index (χ0n) is 15.8. The number of hydrogen-bond acceptors (Lipinski definition) is 8. The molecule has 148 valence electrons. The van der Waals surface area contributed by atoms with Crippen LogP contribution in [0.1, 0.15) is 18.1 Å². The zero-order chi connectivity index (χ0) is 20.4. The van der Waals surface area contributed by atoms with E-state index in [4.69, 9.17) is 9.15 Å². The van der Waals surface area contributed by atoms with Gasteiger partial charge in [-0.3, -0.25) is 0 Å². The molecule has 0 amide bonds. The lowest BCUT2D eigenvalue weighted by Crippen LogP contribution is -2.03. The normalized spacial score (nSPS) is 11.1. The Kier molecular flexibility index (Phi) is 5.22. The number of hydrogen-bond donors (Lipinski definition) is 1. The molecule has 0 saturated heterocycles. The van der Waals surface area contributed by atoms with E-state index in [1.54, 1.807) is 11.8 Å². The summed E-state index contributed by atoms with van der Waals surface area (Å²) < 4.78 is 12.2. The number of ether oxygens (including phenoxy) is 1. The number of benzene rings is 2. The number of aryl methyl sites for hydroxylation is 1. The van der Waals surface area contributed by atoms with E-state index in [0.29, 0.717) is 28.7 Å². The highest BCUT2D eigenvalue weighted by Gasteiger charge is 2.15. The molecule has 0 aliphatic heterocycles. The van der Waals surface area contributed by atoms with Gasteiger partial charge in [-0.25, -0.2) is 4.79 Å². The van der Waals surface area contributed by atoms with Gasteiger partial charge in [-0.15, -0.1) is 5.10 Å². The second-order valence-corrected chi connectivity index (χ2v) is 7.20. The van der Waals surface area contributed by atoms with Crippen LogP contribution < -0.4 is 10.4 Å². The van der Waals surface area contributed by atoms with Gasteiger partial charge < -0.3 is 14.3 Å². The van der Waals surface area contributed by atoms with Crippen molar-refractivity contribution in [2.75, 3.05) is 7.11 Å². The van der Waals surface area contributed by atoms with Gasteiger partial charge in [0.1, 0.15) is 22.8 Å². The minimum atomic E-state index is -0.471. The predicted octanol–water partition coefficient (Wildman–Crippen LogP) is 3.34. The van der Waals surface area contributed by atoms with Gasteiger partial charge in [0.15, 0.2) is 0 Å². The van der Waals surface area contributed by atoms with Gasteiger partial charge >= 0.3 is 5.63 Å². The molecular weight excluding hydrogens is 392 g/mol. The summed E-state index contributed by atoms with van der Waals surface area (Å²) >= 11 is 1.39. The molecule has 0 aliphatic carbocycles. The van der Waals surface area contributed by atoms with Crippen LogP contribution in [0.5, 0.6) is 11.5 Å². The van der Waals surface area contributed by atoms with Crippen molar-refractivity contribution in [2.45, 2.75) is 24.3 Å². The topological polar surface area (TPSA) is 103 Å². The number of nitrogens with zero attached hydrogens (tertiary/aromatic N) is 4. The van der Waals surface area contributed by atoms with E-state index in [1.807, 2.05) is 37.3 Å². The lowest BCUT2D eigenvalue weighted by Gasteiger charge is -2.10. The number of fused-ring (bicyclic) bond motifs is 1. The summed E-state index contributed by atoms with van der Waals surface area (Å²) in [7, 11) is 1.59. The number of thioether (sulfide) groups is 1. The van der Waals surface area contributed by atoms with E-state index >= 15 is 0 Å². The molecule has 2 aromatic carbocycles. The monoisotopic (exact) mass is 410 g/mol. The second-order valence-electron chi connectivity index (χ2n) is 6.26. The average Bonchev–Trinajstić information content (AvgIpc) is 3.19. The van der Waals surface area contributed by atoms with Crippen LogP contribution in [0.25, 0.3) is 16.7 Å². The maximum absolute atomic E-state index is 12.0. The molecule has 4 rings (SSSR count). The van der Waals surface area contributed by atoms with Gasteiger partial charge in [0.05, 0.1) is 7.11 Å². The Morgan fingerprint density at radius 3 is 2.83 bits per heavy atom. The lowest BCUT2D eigenvalue weighted by atomic mass is 10.1. The Bertz CT molecular complexity index is 1230. The van der Waals surface area contributed by atoms with Crippen molar-refractivity contribution >= 4 is 22.7 Å². The average molecular weight is 410 g/mol. The van der Waals surface area contributed by atoms with Crippen LogP contribution in [0, 0.1) is 0 Å². The van der Waals surface area contributed by atoms with E-state index in [0.717, 1.165) is 22.2 Å². The molecule has 0 saturated carbocycles. The van der Waals surface area contributed by atoms with Gasteiger partial charge in [0.2, 0.25) is 5.16 Å². The smallest absolute Gasteiger partial charge is 0.336 e. The highest BCUT2D eigenvalue weighted by atomic mass is 32.2. The Balaban J connectivity index is 1.70. The minimum absolute atomic E-state index is 0.119. The quantitative estimate of drug-likeness (QED) is 0.381. The zero-order valence-corrected chi connectivity index (χ0v) is 16.6. The molecule has 8 nitrogen and oxygen atoms in total. The molecule has 4 aromatic rings. The molecule has 29 heavy (non-hydrogen) atoms. The van der Waals surface area contributed by atoms with Crippen LogP contribution in [0.15, 0.2) is 56.8 Å². The van der Waals surface area contributed by atoms with Crippen molar-refractivity contribution in [3.8, 4) is 17.2 Å². The van der Waals surface area contributed by atoms with Crippen molar-refractivity contribution < 1.29 is 14.3 Å². The molecule has 0 fully saturated rings. The maximum atomic E-state index is 12.0. The standard InChI is InChI=1S/C20H18N4O4S/c1-3-12-8-14-13(9-19(26)28-18(14)10-16(12)25)11-29-20-21-22-23-24(20)15-6-4-5-7-17(15)27-2/h4-10,25H,3,11H2,1-2H3. The molecule has 2 aromatic heterocycles. The Labute approximate surface area is 170 Å². The molecule has 9 heteroatoms. The summed E-state index contributed by atoms with van der Waals surface area (Å²) in [6.07, 6.45) is 0.666. The number of phenolic OH excluding ortho intramolecular Hbond substituents is 1. The van der Waals surface area contributed by atoms with Gasteiger partial charge in [0, 0.05) is 23.3 Å². The third-order valence-electron chi connectivity index (χ3n) is 4.52. The second kappa shape index (κ2) is 7.96. The molecule has 0 spiro atoms. The molecule has 0 aliphatic rings. The van der Waals surface area contributed by atoms with E-state index in [9.17, 15) is 9.90 Å². The fourth-order valence-corrected chi connectivity index (χ4v) is 3.95. The Morgan fingerprint density at radius 2 is 2.03 bits per heavy atom. The van der Waals surface area contributed by atoms with Crippen molar-refractivity contribution in [3.05, 3.63) is 64.0 Å². The molecule has 2 heterocycles. The van der Waals surface area contributed by atoms with E-state index in [2.05, 4.69) is 15.5 Å². The van der Waals surface area contributed by atoms with Gasteiger partial charge in [-0.05, 0) is 46.2 Å². The first-order chi connectivity index (χ1) is 14.1. The van der Waals surface area contributed by atoms with Crippen LogP contribution in [0.4, 0.5) is 0 Å². The summed E-state index contributed by atoms with van der Waals surface area (Å²) in [6, 6.07) is 12.2. The third kappa shape index (κ3) is 3.68. The van der Waals surface area contributed by atoms with Crippen molar-refractivity contribution in [3.63, 3.8) is 0 Å². The Hall–Kier alpha value is -3.33. The van der Waals surface area contributed by atoms with Gasteiger partial charge in [-0.1, -0.05) is 30.8 Å². The molecular formula is C20H18N4O4S. The first-order valence-electron chi connectivity index (χ1n) is 8.94. The molecule has 0 bridgehead atoms. The molecule has 0 radical (unpaired) electrons. The third-order valence-corrected chi connectivity index (χ3v) is 5.49. The number of para-hydroxylation sites is 2. The van der Waals surface area contributed by atoms with Crippen LogP contribution in [-0.2, 0) is 12.2 Å². The molecule has 1 N–H and O–H groups in total. The van der Waals surface area contributed by atoms with E-state index in [1.165, 1.54) is 23.9 Å². The summed E-state index contributed by atoms with van der Waals surface area (Å²) in [5.74, 6) is 1.22. The molecule has 0 atom stereocenters. The Morgan fingerprint density at radius 1 is 1.21 bits per heavy atom. The summed E-state index contributed by atoms with van der Waals surface area (Å²) in [5, 5.41) is 23.4. The fraction of sp³-hybridized carbons (Fsp3) is 0.200. The van der Waals surface area contributed by atoms with Crippen molar-refractivity contribution in [1.29, 1.82) is 0 Å². The predicted molar refractivity (Wildman–Crippen MR) is 109 cm³/mol. The number of aromatic nitrogens is 4. The van der Waals surface area contributed by atoms with Gasteiger partial charge in [0.25, 0.3) is 0 Å². The summed E-state index contributed by atoms with van der Waals surface area (Å²) in [6.45, 7) is 1.95. The van der Waals surface area contributed by atoms with E-state index in [-0.39, 0.29) is 5.75 Å². The van der Waals surface area contributed by atoms with E-state index < -0.39 is 5.63 Å². The van der Waals surface area contributed by atoms with Crippen LogP contribution >= 0.6 is 11.8 Å². The minimum Gasteiger partial charge on any atom is -0.508 e. The number of rotatable bonds is 6. The first-order valence-corrected chi connectivity index (χ1v) is 9.92. The van der Waals surface area contributed by atoms with Crippen LogP contribution in [-0.4, -0.2) is 32.4 Å². The summed E-state index contributed by atoms with van der Waals surface area (Å²) in [5.41, 5.74) is 2.17. The number of tetrazole rings is 1. The van der Waals surface area contributed by atoms with Crippen LogP contribution in [0.2, 0.25) is 0 Å². The van der Waals surface area contributed by atoms with Crippen molar-refractivity contribution in [1.82, 2.24) is 20.2 Å². The SMILES string of the molecule is CCc1cc2c(CSc3nnnn3-c3ccccc3OC)cc(=O)oc2cc1O. The molecule has 0 unspecified atom stereocenters. The fourth-order valence-electron chi connectivity index (χ4n) is 3.08.